The molecule has 15 heavy (non-hydrogen) atoms. The van der Waals surface area contributed by atoms with Gasteiger partial charge in [0, 0.05) is 5.38 Å². The van der Waals surface area contributed by atoms with Crippen LogP contribution < -0.4 is 5.32 Å². The van der Waals surface area contributed by atoms with Crippen molar-refractivity contribution in [2.75, 3.05) is 11.9 Å². The maximum absolute atomic E-state index is 9.46. The topological polar surface area (TPSA) is 45.1 Å². The smallest absolute Gasteiger partial charge is 0.183 e. The summed E-state index contributed by atoms with van der Waals surface area (Å²) in [4.78, 5) is 4.48. The lowest BCUT2D eigenvalue weighted by Gasteiger charge is -2.27. The molecule has 0 saturated heterocycles. The Labute approximate surface area is 94.5 Å². The minimum atomic E-state index is -0.0944. The minimum Gasteiger partial charge on any atom is -0.394 e. The zero-order valence-corrected chi connectivity index (χ0v) is 9.94. The van der Waals surface area contributed by atoms with Crippen molar-refractivity contribution in [2.24, 2.45) is 0 Å². The van der Waals surface area contributed by atoms with Crippen LogP contribution in [0.2, 0.25) is 0 Å². The minimum absolute atomic E-state index is 0.0944. The van der Waals surface area contributed by atoms with Crippen LogP contribution in [0.4, 0.5) is 5.13 Å². The van der Waals surface area contributed by atoms with Crippen molar-refractivity contribution in [3.05, 3.63) is 11.1 Å². The predicted octanol–water partition coefficient (Wildman–Crippen LogP) is 2.42. The van der Waals surface area contributed by atoms with E-state index in [1.165, 1.54) is 12.8 Å². The highest BCUT2D eigenvalue weighted by Gasteiger charge is 2.33. The van der Waals surface area contributed by atoms with E-state index in [1.807, 2.05) is 0 Å². The number of hydrogen-bond donors (Lipinski definition) is 2. The molecule has 0 amide bonds. The summed E-state index contributed by atoms with van der Waals surface area (Å²) in [5.41, 5.74) is 1.04. The van der Waals surface area contributed by atoms with E-state index in [1.54, 1.807) is 11.3 Å². The van der Waals surface area contributed by atoms with Gasteiger partial charge in [-0.05, 0) is 19.3 Å². The monoisotopic (exact) mass is 226 g/mol. The third-order valence-corrected chi connectivity index (χ3v) is 3.96. The summed E-state index contributed by atoms with van der Waals surface area (Å²) >= 11 is 1.64. The van der Waals surface area contributed by atoms with Gasteiger partial charge in [0.05, 0.1) is 17.8 Å². The Hall–Kier alpha value is -0.610. The van der Waals surface area contributed by atoms with Crippen molar-refractivity contribution in [1.29, 1.82) is 0 Å². The van der Waals surface area contributed by atoms with E-state index in [-0.39, 0.29) is 12.1 Å². The fourth-order valence-corrected chi connectivity index (χ4v) is 3.04. The van der Waals surface area contributed by atoms with Crippen molar-refractivity contribution in [3.63, 3.8) is 0 Å². The first-order valence-corrected chi connectivity index (χ1v) is 6.49. The van der Waals surface area contributed by atoms with E-state index in [4.69, 9.17) is 0 Å². The number of aliphatic hydroxyl groups is 1. The van der Waals surface area contributed by atoms with Crippen LogP contribution >= 0.6 is 11.3 Å². The molecule has 0 aromatic carbocycles. The highest BCUT2D eigenvalue weighted by Crippen LogP contribution is 2.33. The summed E-state index contributed by atoms with van der Waals surface area (Å²) in [5.74, 6) is 0. The van der Waals surface area contributed by atoms with Gasteiger partial charge in [0.15, 0.2) is 5.13 Å². The van der Waals surface area contributed by atoms with Crippen LogP contribution in [-0.4, -0.2) is 22.2 Å². The van der Waals surface area contributed by atoms with Crippen LogP contribution in [0.5, 0.6) is 0 Å². The maximum Gasteiger partial charge on any atom is 0.183 e. The fraction of sp³-hybridized carbons (Fsp3) is 0.727. The second kappa shape index (κ2) is 4.49. The Morgan fingerprint density at radius 2 is 2.27 bits per heavy atom. The highest BCUT2D eigenvalue weighted by molar-refractivity contribution is 7.13. The molecule has 0 atom stereocenters. The quantitative estimate of drug-likeness (QED) is 0.828. The summed E-state index contributed by atoms with van der Waals surface area (Å²) < 4.78 is 0. The summed E-state index contributed by atoms with van der Waals surface area (Å²) in [5, 5.41) is 15.9. The summed E-state index contributed by atoms with van der Waals surface area (Å²) in [7, 11) is 0. The molecular formula is C11H18N2OS. The second-order valence-corrected chi connectivity index (χ2v) is 5.13. The Morgan fingerprint density at radius 3 is 2.80 bits per heavy atom. The second-order valence-electron chi connectivity index (χ2n) is 4.27. The van der Waals surface area contributed by atoms with E-state index in [0.29, 0.717) is 0 Å². The number of nitrogens with zero attached hydrogens (tertiary/aromatic N) is 1. The molecule has 4 heteroatoms. The van der Waals surface area contributed by atoms with Crippen LogP contribution in [0.25, 0.3) is 0 Å². The lowest BCUT2D eigenvalue weighted by atomic mass is 10.00. The Bertz CT molecular complexity index is 318. The van der Waals surface area contributed by atoms with E-state index in [9.17, 15) is 5.11 Å². The lowest BCUT2D eigenvalue weighted by Crippen LogP contribution is -2.38. The molecule has 1 heterocycles. The number of anilines is 1. The van der Waals surface area contributed by atoms with Crippen molar-refractivity contribution >= 4 is 16.5 Å². The summed E-state index contributed by atoms with van der Waals surface area (Å²) in [6, 6.07) is 0. The third-order valence-electron chi connectivity index (χ3n) is 3.15. The third kappa shape index (κ3) is 2.32. The van der Waals surface area contributed by atoms with Crippen LogP contribution in [0, 0.1) is 0 Å². The Balaban J connectivity index is 2.05. The van der Waals surface area contributed by atoms with Crippen LogP contribution in [0.1, 0.15) is 38.3 Å². The number of rotatable bonds is 4. The largest absolute Gasteiger partial charge is 0.394 e. The average molecular weight is 226 g/mol. The molecular weight excluding hydrogens is 208 g/mol. The number of hydrogen-bond acceptors (Lipinski definition) is 4. The van der Waals surface area contributed by atoms with Gasteiger partial charge in [-0.15, -0.1) is 11.3 Å². The van der Waals surface area contributed by atoms with Crippen molar-refractivity contribution < 1.29 is 5.11 Å². The molecule has 0 bridgehead atoms. The molecule has 84 valence electrons. The zero-order valence-electron chi connectivity index (χ0n) is 9.12. The van der Waals surface area contributed by atoms with Gasteiger partial charge in [0.1, 0.15) is 0 Å². The van der Waals surface area contributed by atoms with Crippen LogP contribution in [0.15, 0.2) is 5.38 Å². The van der Waals surface area contributed by atoms with Crippen LogP contribution in [0.3, 0.4) is 0 Å². The molecule has 0 aliphatic heterocycles. The summed E-state index contributed by atoms with van der Waals surface area (Å²) in [6.07, 6.45) is 5.51. The maximum atomic E-state index is 9.46. The molecule has 0 radical (unpaired) electrons. The fourth-order valence-electron chi connectivity index (χ4n) is 2.13. The first-order chi connectivity index (χ1) is 7.28. The van der Waals surface area contributed by atoms with Crippen molar-refractivity contribution in [3.8, 4) is 0 Å². The van der Waals surface area contributed by atoms with E-state index in [0.717, 1.165) is 30.1 Å². The van der Waals surface area contributed by atoms with Gasteiger partial charge in [-0.1, -0.05) is 19.8 Å². The first kappa shape index (κ1) is 10.9. The molecule has 0 spiro atoms. The van der Waals surface area contributed by atoms with E-state index < -0.39 is 0 Å². The molecule has 1 aliphatic carbocycles. The lowest BCUT2D eigenvalue weighted by molar-refractivity contribution is 0.214. The number of aryl methyl sites for hydroxylation is 1. The van der Waals surface area contributed by atoms with Gasteiger partial charge >= 0.3 is 0 Å². The van der Waals surface area contributed by atoms with E-state index in [2.05, 4.69) is 22.6 Å². The Kier molecular flexibility index (Phi) is 3.26. The molecule has 1 aromatic rings. The number of thiazole rings is 1. The number of aromatic nitrogens is 1. The van der Waals surface area contributed by atoms with Gasteiger partial charge in [-0.3, -0.25) is 0 Å². The van der Waals surface area contributed by atoms with Crippen molar-refractivity contribution in [1.82, 2.24) is 4.98 Å². The average Bonchev–Trinajstić information content (AvgIpc) is 2.88. The highest BCUT2D eigenvalue weighted by atomic mass is 32.1. The molecule has 2 N–H and O–H groups in total. The zero-order chi connectivity index (χ0) is 10.7. The molecule has 2 rings (SSSR count). The van der Waals surface area contributed by atoms with Gasteiger partial charge in [0.25, 0.3) is 0 Å². The normalized spacial score (nSPS) is 19.3. The van der Waals surface area contributed by atoms with Crippen molar-refractivity contribution in [2.45, 2.75) is 44.6 Å². The molecule has 0 unspecified atom stereocenters. The summed E-state index contributed by atoms with van der Waals surface area (Å²) in [6.45, 7) is 2.32. The van der Waals surface area contributed by atoms with Gasteiger partial charge < -0.3 is 10.4 Å². The molecule has 1 saturated carbocycles. The van der Waals surface area contributed by atoms with Gasteiger partial charge in [-0.2, -0.15) is 0 Å². The van der Waals surface area contributed by atoms with E-state index >= 15 is 0 Å². The first-order valence-electron chi connectivity index (χ1n) is 5.61. The predicted molar refractivity (Wildman–Crippen MR) is 63.4 cm³/mol. The van der Waals surface area contributed by atoms with Gasteiger partial charge in [-0.25, -0.2) is 4.98 Å². The molecule has 3 nitrogen and oxygen atoms in total. The number of nitrogens with one attached hydrogen (secondary N) is 1. The standard InChI is InChI=1S/C11H18N2OS/c1-2-9-7-15-10(12-9)13-11(8-14)5-3-4-6-11/h7,14H,2-6,8H2,1H3,(H,12,13). The number of aliphatic hydroxyl groups excluding tert-OH is 1. The molecule has 1 aliphatic rings. The van der Waals surface area contributed by atoms with Gasteiger partial charge in [0.2, 0.25) is 0 Å². The molecule has 1 aromatic heterocycles. The Morgan fingerprint density at radius 1 is 1.53 bits per heavy atom. The van der Waals surface area contributed by atoms with Crippen LogP contribution in [-0.2, 0) is 6.42 Å². The SMILES string of the molecule is CCc1csc(NC2(CO)CCCC2)n1. The molecule has 1 fully saturated rings.